The third kappa shape index (κ3) is 2.81. The average molecular weight is 217 g/mol. The van der Waals surface area contributed by atoms with Crippen molar-refractivity contribution in [2.75, 3.05) is 6.54 Å². The molecule has 0 fully saturated rings. The van der Waals surface area contributed by atoms with Crippen molar-refractivity contribution in [1.29, 1.82) is 0 Å². The van der Waals surface area contributed by atoms with E-state index in [1.165, 1.54) is 10.7 Å². The second kappa shape index (κ2) is 4.56. The molecule has 0 aromatic carbocycles. The van der Waals surface area contributed by atoms with Crippen LogP contribution in [0.15, 0.2) is 17.3 Å². The van der Waals surface area contributed by atoms with Gasteiger partial charge in [-0.05, 0) is 12.5 Å². The van der Waals surface area contributed by atoms with Gasteiger partial charge in [-0.25, -0.2) is 13.1 Å². The van der Waals surface area contributed by atoms with E-state index >= 15 is 0 Å². The van der Waals surface area contributed by atoms with E-state index in [1.807, 2.05) is 6.92 Å². The minimum Gasteiger partial charge on any atom is -0.274 e. The summed E-state index contributed by atoms with van der Waals surface area (Å²) in [7, 11) is -1.71. The van der Waals surface area contributed by atoms with Gasteiger partial charge in [-0.1, -0.05) is 13.3 Å². The minimum atomic E-state index is -3.39. The van der Waals surface area contributed by atoms with Gasteiger partial charge in [0.05, 0.1) is 0 Å². The van der Waals surface area contributed by atoms with Gasteiger partial charge in [-0.15, -0.1) is 0 Å². The summed E-state index contributed by atoms with van der Waals surface area (Å²) < 4.78 is 27.0. The number of rotatable bonds is 5. The highest BCUT2D eigenvalue weighted by Gasteiger charge is 2.15. The molecule has 0 unspecified atom stereocenters. The largest absolute Gasteiger partial charge is 0.274 e. The smallest absolute Gasteiger partial charge is 0.259 e. The first kappa shape index (κ1) is 11.2. The number of hydrogen-bond donors (Lipinski definition) is 1. The van der Waals surface area contributed by atoms with Gasteiger partial charge < -0.3 is 0 Å². The zero-order chi connectivity index (χ0) is 10.6. The fourth-order valence-corrected chi connectivity index (χ4v) is 2.03. The van der Waals surface area contributed by atoms with E-state index in [2.05, 4.69) is 9.82 Å². The Morgan fingerprint density at radius 2 is 2.29 bits per heavy atom. The van der Waals surface area contributed by atoms with Crippen LogP contribution in [0, 0.1) is 0 Å². The highest BCUT2D eigenvalue weighted by Crippen LogP contribution is 2.03. The van der Waals surface area contributed by atoms with Gasteiger partial charge >= 0.3 is 0 Å². The van der Waals surface area contributed by atoms with Gasteiger partial charge in [-0.2, -0.15) is 5.10 Å². The Balaban J connectivity index is 2.66. The Bertz CT molecular complexity index is 383. The number of aryl methyl sites for hydroxylation is 1. The molecule has 0 aliphatic heterocycles. The molecule has 80 valence electrons. The van der Waals surface area contributed by atoms with Crippen LogP contribution in [0.4, 0.5) is 0 Å². The lowest BCUT2D eigenvalue weighted by molar-refractivity contribution is 0.570. The highest BCUT2D eigenvalue weighted by molar-refractivity contribution is 7.89. The van der Waals surface area contributed by atoms with Crippen LogP contribution in [0.5, 0.6) is 0 Å². The first-order valence-electron chi connectivity index (χ1n) is 4.55. The van der Waals surface area contributed by atoms with E-state index in [0.717, 1.165) is 12.8 Å². The van der Waals surface area contributed by atoms with Crippen molar-refractivity contribution in [2.24, 2.45) is 7.05 Å². The van der Waals surface area contributed by atoms with E-state index in [0.29, 0.717) is 6.54 Å². The molecule has 6 heteroatoms. The van der Waals surface area contributed by atoms with Crippen molar-refractivity contribution in [1.82, 2.24) is 14.5 Å². The van der Waals surface area contributed by atoms with Crippen LogP contribution < -0.4 is 4.72 Å². The van der Waals surface area contributed by atoms with Crippen molar-refractivity contribution >= 4 is 10.0 Å². The highest BCUT2D eigenvalue weighted by atomic mass is 32.2. The van der Waals surface area contributed by atoms with Crippen LogP contribution in [-0.2, 0) is 17.1 Å². The molecule has 0 amide bonds. The van der Waals surface area contributed by atoms with E-state index in [9.17, 15) is 8.42 Å². The molecule has 0 radical (unpaired) electrons. The molecule has 0 aliphatic carbocycles. The number of unbranched alkanes of at least 4 members (excludes halogenated alkanes) is 1. The SMILES string of the molecule is CCCCNS(=O)(=O)c1ccn(C)n1. The van der Waals surface area contributed by atoms with Crippen LogP contribution in [-0.4, -0.2) is 24.7 Å². The van der Waals surface area contributed by atoms with Gasteiger partial charge in [0.1, 0.15) is 0 Å². The van der Waals surface area contributed by atoms with Crippen molar-refractivity contribution in [2.45, 2.75) is 24.8 Å². The lowest BCUT2D eigenvalue weighted by Gasteiger charge is -2.01. The summed E-state index contributed by atoms with van der Waals surface area (Å²) in [5, 5.41) is 3.91. The molecule has 0 saturated heterocycles. The number of nitrogens with one attached hydrogen (secondary N) is 1. The molecule has 1 rings (SSSR count). The molecular weight excluding hydrogens is 202 g/mol. The third-order valence-corrected chi connectivity index (χ3v) is 3.14. The quantitative estimate of drug-likeness (QED) is 0.730. The molecule has 14 heavy (non-hydrogen) atoms. The number of nitrogens with zero attached hydrogens (tertiary/aromatic N) is 2. The first-order chi connectivity index (χ1) is 6.56. The lowest BCUT2D eigenvalue weighted by Crippen LogP contribution is -2.25. The monoisotopic (exact) mass is 217 g/mol. The summed E-state index contributed by atoms with van der Waals surface area (Å²) in [6.45, 7) is 2.48. The molecule has 0 bridgehead atoms. The van der Waals surface area contributed by atoms with E-state index in [4.69, 9.17) is 0 Å². The summed E-state index contributed by atoms with van der Waals surface area (Å²) in [4.78, 5) is 0. The first-order valence-corrected chi connectivity index (χ1v) is 6.04. The van der Waals surface area contributed by atoms with Crippen molar-refractivity contribution in [3.05, 3.63) is 12.3 Å². The van der Waals surface area contributed by atoms with Gasteiger partial charge in [0.2, 0.25) is 0 Å². The summed E-state index contributed by atoms with van der Waals surface area (Å²) in [5.74, 6) is 0. The Morgan fingerprint density at radius 1 is 1.57 bits per heavy atom. The fourth-order valence-electron chi connectivity index (χ4n) is 0.994. The zero-order valence-electron chi connectivity index (χ0n) is 8.40. The Hall–Kier alpha value is -0.880. The summed E-state index contributed by atoms with van der Waals surface area (Å²) in [6, 6.07) is 1.48. The average Bonchev–Trinajstić information content (AvgIpc) is 2.53. The summed E-state index contributed by atoms with van der Waals surface area (Å²) >= 11 is 0. The molecule has 0 aliphatic rings. The molecule has 0 saturated carbocycles. The molecular formula is C8H15N3O2S. The number of aromatic nitrogens is 2. The van der Waals surface area contributed by atoms with Gasteiger partial charge in [-0.3, -0.25) is 4.68 Å². The maximum Gasteiger partial charge on any atom is 0.259 e. The van der Waals surface area contributed by atoms with Crippen LogP contribution in [0.2, 0.25) is 0 Å². The molecule has 1 aromatic heterocycles. The van der Waals surface area contributed by atoms with Crippen LogP contribution in [0.1, 0.15) is 19.8 Å². The maximum atomic E-state index is 11.5. The molecule has 5 nitrogen and oxygen atoms in total. The fraction of sp³-hybridized carbons (Fsp3) is 0.625. The summed E-state index contributed by atoms with van der Waals surface area (Å²) in [6.07, 6.45) is 3.41. The van der Waals surface area contributed by atoms with Crippen LogP contribution >= 0.6 is 0 Å². The standard InChI is InChI=1S/C8H15N3O2S/c1-3-4-6-9-14(12,13)8-5-7-11(2)10-8/h5,7,9H,3-4,6H2,1-2H3. The predicted molar refractivity (Wildman–Crippen MR) is 53.3 cm³/mol. The van der Waals surface area contributed by atoms with Gasteiger partial charge in [0, 0.05) is 19.8 Å². The second-order valence-corrected chi connectivity index (χ2v) is 4.79. The van der Waals surface area contributed by atoms with Crippen LogP contribution in [0.25, 0.3) is 0 Å². The maximum absolute atomic E-state index is 11.5. The molecule has 1 aromatic rings. The number of hydrogen-bond acceptors (Lipinski definition) is 3. The van der Waals surface area contributed by atoms with Crippen molar-refractivity contribution in [3.63, 3.8) is 0 Å². The minimum absolute atomic E-state index is 0.0797. The van der Waals surface area contributed by atoms with E-state index < -0.39 is 10.0 Å². The molecule has 1 N–H and O–H groups in total. The Labute approximate surface area is 84.2 Å². The zero-order valence-corrected chi connectivity index (χ0v) is 9.21. The Kier molecular flexibility index (Phi) is 3.65. The van der Waals surface area contributed by atoms with Crippen molar-refractivity contribution < 1.29 is 8.42 Å². The lowest BCUT2D eigenvalue weighted by atomic mass is 10.3. The van der Waals surface area contributed by atoms with E-state index in [1.54, 1.807) is 13.2 Å². The van der Waals surface area contributed by atoms with Crippen molar-refractivity contribution in [3.8, 4) is 0 Å². The predicted octanol–water partition coefficient (Wildman–Crippen LogP) is 0.498. The molecule has 0 spiro atoms. The van der Waals surface area contributed by atoms with Gasteiger partial charge in [0.25, 0.3) is 10.0 Å². The third-order valence-electron chi connectivity index (χ3n) is 1.79. The van der Waals surface area contributed by atoms with Gasteiger partial charge in [0.15, 0.2) is 5.03 Å². The second-order valence-electron chi connectivity index (χ2n) is 3.08. The number of sulfonamides is 1. The topological polar surface area (TPSA) is 64.0 Å². The normalized spacial score (nSPS) is 11.9. The molecule has 0 atom stereocenters. The Morgan fingerprint density at radius 3 is 2.79 bits per heavy atom. The van der Waals surface area contributed by atoms with Crippen LogP contribution in [0.3, 0.4) is 0 Å². The molecule has 1 heterocycles. The summed E-state index contributed by atoms with van der Waals surface area (Å²) in [5.41, 5.74) is 0. The van der Waals surface area contributed by atoms with E-state index in [-0.39, 0.29) is 5.03 Å².